The van der Waals surface area contributed by atoms with Crippen molar-refractivity contribution in [2.24, 2.45) is 0 Å². The fraction of sp³-hybridized carbons (Fsp3) is 0.500. The topological polar surface area (TPSA) is 135 Å². The van der Waals surface area contributed by atoms with Crippen molar-refractivity contribution >= 4 is 17.5 Å². The molecule has 0 aliphatic carbocycles. The van der Waals surface area contributed by atoms with Crippen LogP contribution in [-0.4, -0.2) is 51.4 Å². The highest BCUT2D eigenvalue weighted by molar-refractivity contribution is 5.94. The molecule has 9 heteroatoms. The number of aromatic carboxylic acids is 1. The third-order valence-corrected chi connectivity index (χ3v) is 3.45. The molecule has 0 aromatic carbocycles. The number of anilines is 1. The molecule has 2 heterocycles. The normalized spacial score (nSPS) is 17.2. The van der Waals surface area contributed by atoms with Gasteiger partial charge in [-0.2, -0.15) is 0 Å². The van der Waals surface area contributed by atoms with Gasteiger partial charge in [0.25, 0.3) is 5.69 Å². The predicted molar refractivity (Wildman–Crippen MR) is 71.3 cm³/mol. The summed E-state index contributed by atoms with van der Waals surface area (Å²) in [6.45, 7) is 0.653. The molecule has 1 aliphatic rings. The molecule has 1 saturated heterocycles. The lowest BCUT2D eigenvalue weighted by atomic mass is 9.90. The lowest BCUT2D eigenvalue weighted by Crippen LogP contribution is -2.47. The number of aliphatic hydroxyl groups is 1. The number of ether oxygens (including phenoxy) is 1. The molecule has 1 aliphatic heterocycles. The third-order valence-electron chi connectivity index (χ3n) is 3.45. The van der Waals surface area contributed by atoms with E-state index in [1.807, 2.05) is 0 Å². The SMILES string of the molecule is O=C(O)c1cc([N+](=O)[O-])cnc1NC1(CO)CCOCC1. The molecule has 0 saturated carbocycles. The first-order valence-corrected chi connectivity index (χ1v) is 6.32. The van der Waals surface area contributed by atoms with E-state index in [-0.39, 0.29) is 18.0 Å². The Balaban J connectivity index is 2.34. The number of nitrogens with one attached hydrogen (secondary N) is 1. The number of carboxylic acid groups (broad SMARTS) is 1. The van der Waals surface area contributed by atoms with Gasteiger partial charge in [0, 0.05) is 19.3 Å². The summed E-state index contributed by atoms with van der Waals surface area (Å²) in [5, 5.41) is 32.3. The summed E-state index contributed by atoms with van der Waals surface area (Å²) in [4.78, 5) is 25.0. The third kappa shape index (κ3) is 3.26. The Morgan fingerprint density at radius 1 is 1.52 bits per heavy atom. The maximum atomic E-state index is 11.2. The minimum absolute atomic E-state index is 0.00375. The van der Waals surface area contributed by atoms with Crippen LogP contribution in [0.2, 0.25) is 0 Å². The molecule has 21 heavy (non-hydrogen) atoms. The molecule has 1 aromatic rings. The molecule has 0 bridgehead atoms. The van der Waals surface area contributed by atoms with Gasteiger partial charge >= 0.3 is 5.97 Å². The number of rotatable bonds is 5. The highest BCUT2D eigenvalue weighted by atomic mass is 16.6. The van der Waals surface area contributed by atoms with Crippen LogP contribution in [0, 0.1) is 10.1 Å². The monoisotopic (exact) mass is 297 g/mol. The van der Waals surface area contributed by atoms with Crippen molar-refractivity contribution in [1.82, 2.24) is 4.98 Å². The number of pyridine rings is 1. The second-order valence-electron chi connectivity index (χ2n) is 4.83. The zero-order valence-corrected chi connectivity index (χ0v) is 11.1. The standard InChI is InChI=1S/C12H15N3O6/c16-7-12(1-3-21-4-2-12)14-10-9(11(17)18)5-8(6-13-10)15(19)20/h5-6,16H,1-4,7H2,(H,13,14)(H,17,18). The Hall–Kier alpha value is -2.26. The van der Waals surface area contributed by atoms with Crippen LogP contribution in [0.3, 0.4) is 0 Å². The second kappa shape index (κ2) is 6.02. The molecule has 3 N–H and O–H groups in total. The van der Waals surface area contributed by atoms with Gasteiger partial charge in [0.15, 0.2) is 0 Å². The van der Waals surface area contributed by atoms with Gasteiger partial charge in [-0.05, 0) is 12.8 Å². The number of aliphatic hydroxyl groups excluding tert-OH is 1. The summed E-state index contributed by atoms with van der Waals surface area (Å²) < 4.78 is 5.22. The van der Waals surface area contributed by atoms with E-state index in [1.165, 1.54) is 0 Å². The highest BCUT2D eigenvalue weighted by Gasteiger charge is 2.33. The largest absolute Gasteiger partial charge is 0.478 e. The lowest BCUT2D eigenvalue weighted by Gasteiger charge is -2.37. The van der Waals surface area contributed by atoms with Gasteiger partial charge in [-0.1, -0.05) is 0 Å². The first kappa shape index (κ1) is 15.1. The Morgan fingerprint density at radius 2 is 2.19 bits per heavy atom. The minimum Gasteiger partial charge on any atom is -0.478 e. The maximum absolute atomic E-state index is 11.2. The molecule has 1 aromatic heterocycles. The Bertz CT molecular complexity index is 556. The minimum atomic E-state index is -1.33. The average Bonchev–Trinajstić information content (AvgIpc) is 2.48. The summed E-state index contributed by atoms with van der Waals surface area (Å²) in [5.74, 6) is -1.32. The van der Waals surface area contributed by atoms with Gasteiger partial charge in [-0.25, -0.2) is 9.78 Å². The molecular formula is C12H15N3O6. The van der Waals surface area contributed by atoms with Gasteiger partial charge in [-0.3, -0.25) is 10.1 Å². The summed E-state index contributed by atoms with van der Waals surface area (Å²) in [5.41, 5.74) is -1.43. The average molecular weight is 297 g/mol. The van der Waals surface area contributed by atoms with E-state index in [1.54, 1.807) is 0 Å². The number of hydrogen-bond donors (Lipinski definition) is 3. The summed E-state index contributed by atoms with van der Waals surface area (Å²) in [6.07, 6.45) is 1.96. The highest BCUT2D eigenvalue weighted by Crippen LogP contribution is 2.28. The molecule has 2 rings (SSSR count). The number of carbonyl (C=O) groups is 1. The first-order chi connectivity index (χ1) is 9.97. The van der Waals surface area contributed by atoms with Crippen LogP contribution in [0.15, 0.2) is 12.3 Å². The number of hydrogen-bond acceptors (Lipinski definition) is 7. The molecular weight excluding hydrogens is 282 g/mol. The van der Waals surface area contributed by atoms with Gasteiger partial charge in [0.2, 0.25) is 0 Å². The van der Waals surface area contributed by atoms with Crippen LogP contribution in [0.1, 0.15) is 23.2 Å². The van der Waals surface area contributed by atoms with Crippen LogP contribution < -0.4 is 5.32 Å². The van der Waals surface area contributed by atoms with Gasteiger partial charge in [-0.15, -0.1) is 0 Å². The molecule has 0 radical (unpaired) electrons. The van der Waals surface area contributed by atoms with Gasteiger partial charge in [0.1, 0.15) is 17.6 Å². The fourth-order valence-electron chi connectivity index (χ4n) is 2.15. The van der Waals surface area contributed by atoms with Crippen molar-refractivity contribution in [2.45, 2.75) is 18.4 Å². The Kier molecular flexibility index (Phi) is 4.34. The molecule has 0 amide bonds. The van der Waals surface area contributed by atoms with Crippen molar-refractivity contribution in [1.29, 1.82) is 0 Å². The molecule has 0 unspecified atom stereocenters. The van der Waals surface area contributed by atoms with E-state index >= 15 is 0 Å². The van der Waals surface area contributed by atoms with Crippen molar-refractivity contribution < 1.29 is 24.7 Å². The van der Waals surface area contributed by atoms with E-state index in [9.17, 15) is 20.0 Å². The van der Waals surface area contributed by atoms with Crippen LogP contribution in [0.5, 0.6) is 0 Å². The van der Waals surface area contributed by atoms with Crippen LogP contribution in [0.4, 0.5) is 11.5 Å². The van der Waals surface area contributed by atoms with E-state index in [0.717, 1.165) is 12.3 Å². The maximum Gasteiger partial charge on any atom is 0.339 e. The smallest absolute Gasteiger partial charge is 0.339 e. The van der Waals surface area contributed by atoms with Crippen molar-refractivity contribution in [3.05, 3.63) is 27.9 Å². The quantitative estimate of drug-likeness (QED) is 0.532. The van der Waals surface area contributed by atoms with Crippen LogP contribution in [-0.2, 0) is 4.74 Å². The van der Waals surface area contributed by atoms with E-state index < -0.39 is 22.1 Å². The summed E-state index contributed by atoms with van der Waals surface area (Å²) in [7, 11) is 0. The van der Waals surface area contributed by atoms with Crippen LogP contribution in [0.25, 0.3) is 0 Å². The number of nitrogens with zero attached hydrogens (tertiary/aromatic N) is 2. The van der Waals surface area contributed by atoms with Crippen molar-refractivity contribution in [2.75, 3.05) is 25.1 Å². The fourth-order valence-corrected chi connectivity index (χ4v) is 2.15. The van der Waals surface area contributed by atoms with E-state index in [4.69, 9.17) is 9.84 Å². The Morgan fingerprint density at radius 3 is 2.71 bits per heavy atom. The van der Waals surface area contributed by atoms with Crippen LogP contribution >= 0.6 is 0 Å². The van der Waals surface area contributed by atoms with E-state index in [0.29, 0.717) is 26.1 Å². The molecule has 0 atom stereocenters. The van der Waals surface area contributed by atoms with Crippen molar-refractivity contribution in [3.63, 3.8) is 0 Å². The number of carboxylic acids is 1. The number of aromatic nitrogens is 1. The Labute approximate surface area is 119 Å². The molecule has 9 nitrogen and oxygen atoms in total. The van der Waals surface area contributed by atoms with E-state index in [2.05, 4.69) is 10.3 Å². The molecule has 0 spiro atoms. The summed E-state index contributed by atoms with van der Waals surface area (Å²) in [6, 6.07) is 0.946. The van der Waals surface area contributed by atoms with Gasteiger partial charge < -0.3 is 20.3 Å². The molecule has 114 valence electrons. The zero-order valence-electron chi connectivity index (χ0n) is 11.1. The zero-order chi connectivity index (χ0) is 15.5. The lowest BCUT2D eigenvalue weighted by molar-refractivity contribution is -0.385. The predicted octanol–water partition coefficient (Wildman–Crippen LogP) is 0.641. The number of nitro groups is 1. The molecule has 1 fully saturated rings. The van der Waals surface area contributed by atoms with Crippen molar-refractivity contribution in [3.8, 4) is 0 Å². The first-order valence-electron chi connectivity index (χ1n) is 6.32. The van der Waals surface area contributed by atoms with Gasteiger partial charge in [0.05, 0.1) is 17.1 Å². The second-order valence-corrected chi connectivity index (χ2v) is 4.83. The summed E-state index contributed by atoms with van der Waals surface area (Å²) >= 11 is 0.